The van der Waals surface area contributed by atoms with Gasteiger partial charge in [-0.05, 0) is 30.9 Å². The first kappa shape index (κ1) is 12.6. The van der Waals surface area contributed by atoms with Crippen LogP contribution < -0.4 is 4.74 Å². The number of halogens is 1. The fourth-order valence-electron chi connectivity index (χ4n) is 1.69. The molecule has 0 aliphatic rings. The van der Waals surface area contributed by atoms with E-state index < -0.39 is 0 Å². The van der Waals surface area contributed by atoms with Crippen molar-refractivity contribution in [2.45, 2.75) is 26.7 Å². The van der Waals surface area contributed by atoms with Gasteiger partial charge in [-0.1, -0.05) is 47.0 Å². The van der Waals surface area contributed by atoms with Gasteiger partial charge in [0.1, 0.15) is 5.75 Å². The van der Waals surface area contributed by atoms with Gasteiger partial charge < -0.3 is 4.74 Å². The minimum absolute atomic E-state index is 0.695. The maximum Gasteiger partial charge on any atom is 0.122 e. The third-order valence-electron chi connectivity index (χ3n) is 2.74. The van der Waals surface area contributed by atoms with Crippen LogP contribution in [-0.2, 0) is 6.42 Å². The summed E-state index contributed by atoms with van der Waals surface area (Å²) >= 11 is 3.56. The minimum Gasteiger partial charge on any atom is -0.496 e. The van der Waals surface area contributed by atoms with E-state index in [9.17, 15) is 0 Å². The summed E-state index contributed by atoms with van der Waals surface area (Å²) in [5, 5.41) is 1.06. The Kier molecular flexibility index (Phi) is 5.16. The highest BCUT2D eigenvalue weighted by atomic mass is 79.9. The van der Waals surface area contributed by atoms with Crippen LogP contribution in [0.3, 0.4) is 0 Å². The van der Waals surface area contributed by atoms with Crippen molar-refractivity contribution in [3.63, 3.8) is 0 Å². The average molecular weight is 271 g/mol. The zero-order chi connectivity index (χ0) is 11.3. The summed E-state index contributed by atoms with van der Waals surface area (Å²) in [6, 6.07) is 6.38. The molecule has 0 N–H and O–H groups in total. The van der Waals surface area contributed by atoms with Gasteiger partial charge in [-0.2, -0.15) is 0 Å². The second-order valence-corrected chi connectivity index (χ2v) is 4.60. The Hall–Kier alpha value is -0.500. The Morgan fingerprint density at radius 2 is 2.13 bits per heavy atom. The van der Waals surface area contributed by atoms with Crippen LogP contribution in [0.4, 0.5) is 0 Å². The summed E-state index contributed by atoms with van der Waals surface area (Å²) in [4.78, 5) is 0. The quantitative estimate of drug-likeness (QED) is 0.736. The molecule has 1 aromatic carbocycles. The third-order valence-corrected chi connectivity index (χ3v) is 3.66. The molecule has 0 fully saturated rings. The number of hydrogen-bond donors (Lipinski definition) is 0. The number of alkyl halides is 1. The molecule has 1 aromatic rings. The Labute approximate surface area is 101 Å². The van der Waals surface area contributed by atoms with Gasteiger partial charge in [-0.25, -0.2) is 0 Å². The molecule has 0 aliphatic carbocycles. The van der Waals surface area contributed by atoms with Gasteiger partial charge in [-0.15, -0.1) is 0 Å². The Morgan fingerprint density at radius 3 is 2.67 bits per heavy atom. The predicted octanol–water partition coefficient (Wildman–Crippen LogP) is 3.97. The molecular weight excluding hydrogens is 252 g/mol. The fourth-order valence-corrected chi connectivity index (χ4v) is 2.37. The molecule has 15 heavy (non-hydrogen) atoms. The fraction of sp³-hybridized carbons (Fsp3) is 0.538. The molecule has 0 heterocycles. The van der Waals surface area contributed by atoms with Crippen molar-refractivity contribution in [3.05, 3.63) is 29.3 Å². The molecule has 1 nitrogen and oxygen atoms in total. The van der Waals surface area contributed by atoms with Crippen molar-refractivity contribution in [2.24, 2.45) is 5.92 Å². The van der Waals surface area contributed by atoms with Crippen LogP contribution in [0.2, 0.25) is 0 Å². The molecule has 0 amide bonds. The minimum atomic E-state index is 0.695. The van der Waals surface area contributed by atoms with Gasteiger partial charge in [0, 0.05) is 5.33 Å². The van der Waals surface area contributed by atoms with E-state index in [4.69, 9.17) is 4.74 Å². The van der Waals surface area contributed by atoms with Crippen molar-refractivity contribution >= 4 is 15.9 Å². The van der Waals surface area contributed by atoms with Crippen molar-refractivity contribution in [1.29, 1.82) is 0 Å². The molecule has 1 unspecified atom stereocenters. The molecule has 1 atom stereocenters. The third kappa shape index (κ3) is 3.53. The van der Waals surface area contributed by atoms with E-state index in [-0.39, 0.29) is 0 Å². The summed E-state index contributed by atoms with van der Waals surface area (Å²) in [6.07, 6.45) is 2.29. The van der Waals surface area contributed by atoms with Crippen molar-refractivity contribution in [3.8, 4) is 5.75 Å². The number of aryl methyl sites for hydroxylation is 1. The maximum atomic E-state index is 5.37. The number of rotatable bonds is 5. The van der Waals surface area contributed by atoms with Crippen LogP contribution in [-0.4, -0.2) is 12.4 Å². The van der Waals surface area contributed by atoms with E-state index >= 15 is 0 Å². The molecule has 1 rings (SSSR count). The van der Waals surface area contributed by atoms with E-state index in [0.717, 1.165) is 17.5 Å². The lowest BCUT2D eigenvalue weighted by Crippen LogP contribution is -2.06. The number of methoxy groups -OCH3 is 1. The van der Waals surface area contributed by atoms with Gasteiger partial charge in [0.05, 0.1) is 7.11 Å². The predicted molar refractivity (Wildman–Crippen MR) is 69.0 cm³/mol. The molecule has 0 spiro atoms. The molecule has 0 saturated heterocycles. The van der Waals surface area contributed by atoms with Crippen LogP contribution in [0.25, 0.3) is 0 Å². The van der Waals surface area contributed by atoms with Crippen molar-refractivity contribution in [1.82, 2.24) is 0 Å². The average Bonchev–Trinajstić information content (AvgIpc) is 2.26. The monoisotopic (exact) mass is 270 g/mol. The van der Waals surface area contributed by atoms with Crippen LogP contribution in [0.15, 0.2) is 18.2 Å². The first-order chi connectivity index (χ1) is 7.21. The second kappa shape index (κ2) is 6.16. The van der Waals surface area contributed by atoms with Crippen LogP contribution in [0.1, 0.15) is 24.5 Å². The van der Waals surface area contributed by atoms with E-state index in [1.807, 2.05) is 0 Å². The molecule has 0 saturated carbocycles. The first-order valence-electron chi connectivity index (χ1n) is 5.40. The SMILES string of the molecule is CCC(CBr)Cc1cc(C)ccc1OC. The summed E-state index contributed by atoms with van der Waals surface area (Å²) in [6.45, 7) is 4.35. The highest BCUT2D eigenvalue weighted by Crippen LogP contribution is 2.24. The van der Waals surface area contributed by atoms with E-state index in [1.54, 1.807) is 7.11 Å². The molecule has 0 aromatic heterocycles. The smallest absolute Gasteiger partial charge is 0.122 e. The largest absolute Gasteiger partial charge is 0.496 e. The second-order valence-electron chi connectivity index (χ2n) is 3.95. The van der Waals surface area contributed by atoms with Crippen LogP contribution in [0.5, 0.6) is 5.75 Å². The Morgan fingerprint density at radius 1 is 1.40 bits per heavy atom. The normalized spacial score (nSPS) is 12.5. The molecular formula is C13H19BrO. The lowest BCUT2D eigenvalue weighted by molar-refractivity contribution is 0.405. The lowest BCUT2D eigenvalue weighted by atomic mass is 9.97. The summed E-state index contributed by atoms with van der Waals surface area (Å²) in [7, 11) is 1.74. The van der Waals surface area contributed by atoms with Gasteiger partial charge in [0.2, 0.25) is 0 Å². The zero-order valence-corrected chi connectivity index (χ0v) is 11.3. The number of hydrogen-bond acceptors (Lipinski definition) is 1. The van der Waals surface area contributed by atoms with E-state index in [2.05, 4.69) is 48.0 Å². The van der Waals surface area contributed by atoms with Crippen molar-refractivity contribution in [2.75, 3.05) is 12.4 Å². The van der Waals surface area contributed by atoms with E-state index in [0.29, 0.717) is 5.92 Å². The topological polar surface area (TPSA) is 9.23 Å². The van der Waals surface area contributed by atoms with Gasteiger partial charge in [0.25, 0.3) is 0 Å². The number of ether oxygens (including phenoxy) is 1. The zero-order valence-electron chi connectivity index (χ0n) is 9.72. The Balaban J connectivity index is 2.86. The van der Waals surface area contributed by atoms with Gasteiger partial charge in [-0.3, -0.25) is 0 Å². The van der Waals surface area contributed by atoms with E-state index in [1.165, 1.54) is 17.5 Å². The number of benzene rings is 1. The lowest BCUT2D eigenvalue weighted by Gasteiger charge is -2.14. The maximum absolute atomic E-state index is 5.37. The highest BCUT2D eigenvalue weighted by molar-refractivity contribution is 9.09. The van der Waals surface area contributed by atoms with Crippen LogP contribution >= 0.6 is 15.9 Å². The molecule has 84 valence electrons. The summed E-state index contributed by atoms with van der Waals surface area (Å²) in [5.74, 6) is 1.71. The van der Waals surface area contributed by atoms with Gasteiger partial charge >= 0.3 is 0 Å². The molecule has 0 aliphatic heterocycles. The Bertz CT molecular complexity index is 305. The molecule has 2 heteroatoms. The summed E-state index contributed by atoms with van der Waals surface area (Å²) < 4.78 is 5.37. The summed E-state index contributed by atoms with van der Waals surface area (Å²) in [5.41, 5.74) is 2.62. The van der Waals surface area contributed by atoms with Crippen LogP contribution in [0, 0.1) is 12.8 Å². The van der Waals surface area contributed by atoms with Crippen molar-refractivity contribution < 1.29 is 4.74 Å². The molecule has 0 radical (unpaired) electrons. The standard InChI is InChI=1S/C13H19BrO/c1-4-11(9-14)8-12-7-10(2)5-6-13(12)15-3/h5-7,11H,4,8-9H2,1-3H3. The molecule has 0 bridgehead atoms. The first-order valence-corrected chi connectivity index (χ1v) is 6.52. The van der Waals surface area contributed by atoms with Gasteiger partial charge in [0.15, 0.2) is 0 Å². The highest BCUT2D eigenvalue weighted by Gasteiger charge is 2.10.